The van der Waals surface area contributed by atoms with Gasteiger partial charge in [-0.2, -0.15) is 0 Å². The Hall–Kier alpha value is -0.950. The summed E-state index contributed by atoms with van der Waals surface area (Å²) in [5, 5.41) is 0. The molecule has 72 valence electrons. The number of carbonyl (C=O) groups is 1. The molecule has 13 heavy (non-hydrogen) atoms. The minimum absolute atomic E-state index is 0.313. The van der Waals surface area contributed by atoms with E-state index in [0.29, 0.717) is 9.18 Å². The standard InChI is InChI=1S/C6H8N2O3S2/c1-8(13(2,10)11)6(9)5-3-7-4-12-5/h3-4H,1-2H3. The molecule has 0 saturated heterocycles. The second-order valence-electron chi connectivity index (χ2n) is 2.40. The van der Waals surface area contributed by atoms with Crippen LogP contribution in [0.15, 0.2) is 11.7 Å². The molecule has 0 aliphatic heterocycles. The van der Waals surface area contributed by atoms with Crippen molar-refractivity contribution in [2.24, 2.45) is 0 Å². The molecule has 0 bridgehead atoms. The highest BCUT2D eigenvalue weighted by Gasteiger charge is 2.20. The van der Waals surface area contributed by atoms with Gasteiger partial charge in [0.05, 0.1) is 18.0 Å². The van der Waals surface area contributed by atoms with E-state index in [4.69, 9.17) is 0 Å². The maximum atomic E-state index is 11.4. The van der Waals surface area contributed by atoms with E-state index in [1.807, 2.05) is 0 Å². The highest BCUT2D eigenvalue weighted by Crippen LogP contribution is 2.10. The fourth-order valence-electron chi connectivity index (χ4n) is 0.627. The number of carbonyl (C=O) groups excluding carboxylic acids is 1. The first-order chi connectivity index (χ1) is 5.93. The molecule has 0 N–H and O–H groups in total. The molecule has 5 nitrogen and oxygen atoms in total. The van der Waals surface area contributed by atoms with Crippen molar-refractivity contribution in [2.75, 3.05) is 13.3 Å². The summed E-state index contributed by atoms with van der Waals surface area (Å²) >= 11 is 1.11. The first kappa shape index (κ1) is 10.1. The van der Waals surface area contributed by atoms with Crippen LogP contribution in [0.4, 0.5) is 0 Å². The quantitative estimate of drug-likeness (QED) is 0.712. The van der Waals surface area contributed by atoms with Gasteiger partial charge < -0.3 is 0 Å². The van der Waals surface area contributed by atoms with Gasteiger partial charge in [0, 0.05) is 7.05 Å². The molecule has 0 unspecified atom stereocenters. The number of nitrogens with zero attached hydrogens (tertiary/aromatic N) is 2. The van der Waals surface area contributed by atoms with E-state index in [2.05, 4.69) is 4.98 Å². The fraction of sp³-hybridized carbons (Fsp3) is 0.333. The SMILES string of the molecule is CN(C(=O)c1cncs1)S(C)(=O)=O. The van der Waals surface area contributed by atoms with Crippen LogP contribution in [0, 0.1) is 0 Å². The maximum Gasteiger partial charge on any atom is 0.278 e. The molecule has 7 heteroatoms. The second kappa shape index (κ2) is 3.43. The summed E-state index contributed by atoms with van der Waals surface area (Å²) in [4.78, 5) is 15.4. The molecule has 0 aromatic carbocycles. The summed E-state index contributed by atoms with van der Waals surface area (Å²) in [6.45, 7) is 0. The Morgan fingerprint density at radius 3 is 2.62 bits per heavy atom. The van der Waals surface area contributed by atoms with Crippen LogP contribution >= 0.6 is 11.3 Å². The Balaban J connectivity index is 2.94. The van der Waals surface area contributed by atoms with Crippen LogP contribution in [0.25, 0.3) is 0 Å². The molecule has 0 fully saturated rings. The molecule has 1 heterocycles. The normalized spacial score (nSPS) is 11.2. The zero-order valence-electron chi connectivity index (χ0n) is 7.09. The second-order valence-corrected chi connectivity index (χ2v) is 5.30. The lowest BCUT2D eigenvalue weighted by molar-refractivity contribution is 0.0888. The summed E-state index contributed by atoms with van der Waals surface area (Å²) in [5.41, 5.74) is 1.48. The lowest BCUT2D eigenvalue weighted by Gasteiger charge is -2.12. The number of hydrogen-bond acceptors (Lipinski definition) is 5. The predicted molar refractivity (Wildman–Crippen MR) is 49.1 cm³/mol. The number of hydrogen-bond donors (Lipinski definition) is 0. The summed E-state index contributed by atoms with van der Waals surface area (Å²) in [5.74, 6) is -0.551. The van der Waals surface area contributed by atoms with Crippen molar-refractivity contribution in [3.8, 4) is 0 Å². The summed E-state index contributed by atoms with van der Waals surface area (Å²) in [6, 6.07) is 0. The molecule has 1 aromatic rings. The highest BCUT2D eigenvalue weighted by molar-refractivity contribution is 7.88. The molecule has 0 aliphatic rings. The Morgan fingerprint density at radius 2 is 2.23 bits per heavy atom. The Labute approximate surface area is 80.1 Å². The zero-order valence-corrected chi connectivity index (χ0v) is 8.72. The Morgan fingerprint density at radius 1 is 1.62 bits per heavy atom. The van der Waals surface area contributed by atoms with E-state index < -0.39 is 15.9 Å². The first-order valence-electron chi connectivity index (χ1n) is 3.29. The Kier molecular flexibility index (Phi) is 2.67. The van der Waals surface area contributed by atoms with Crippen molar-refractivity contribution in [3.63, 3.8) is 0 Å². The molecule has 0 atom stereocenters. The van der Waals surface area contributed by atoms with E-state index in [-0.39, 0.29) is 0 Å². The molecule has 0 saturated carbocycles. The number of sulfonamides is 1. The average Bonchev–Trinajstić information content (AvgIpc) is 2.51. The monoisotopic (exact) mass is 220 g/mol. The van der Waals surface area contributed by atoms with Crippen molar-refractivity contribution in [1.82, 2.24) is 9.29 Å². The minimum atomic E-state index is -3.47. The number of amides is 1. The molecule has 0 radical (unpaired) electrons. The van der Waals surface area contributed by atoms with Gasteiger partial charge in [-0.25, -0.2) is 12.7 Å². The van der Waals surface area contributed by atoms with Gasteiger partial charge in [-0.1, -0.05) is 0 Å². The lowest BCUT2D eigenvalue weighted by Crippen LogP contribution is -2.31. The third kappa shape index (κ3) is 2.25. The average molecular weight is 220 g/mol. The van der Waals surface area contributed by atoms with Crippen LogP contribution in [0.1, 0.15) is 9.67 Å². The van der Waals surface area contributed by atoms with E-state index in [0.717, 1.165) is 17.6 Å². The number of aromatic nitrogens is 1. The lowest BCUT2D eigenvalue weighted by atomic mass is 10.5. The smallest absolute Gasteiger partial charge is 0.267 e. The minimum Gasteiger partial charge on any atom is -0.267 e. The molecule has 1 aromatic heterocycles. The van der Waals surface area contributed by atoms with Crippen molar-refractivity contribution in [1.29, 1.82) is 0 Å². The van der Waals surface area contributed by atoms with Crippen LogP contribution in [0.5, 0.6) is 0 Å². The van der Waals surface area contributed by atoms with E-state index in [1.54, 1.807) is 0 Å². The van der Waals surface area contributed by atoms with Crippen LogP contribution in [-0.4, -0.2) is 36.9 Å². The topological polar surface area (TPSA) is 67.3 Å². The van der Waals surface area contributed by atoms with Crippen LogP contribution in [0.3, 0.4) is 0 Å². The largest absolute Gasteiger partial charge is 0.278 e. The summed E-state index contributed by atoms with van der Waals surface area (Å²) < 4.78 is 22.6. The van der Waals surface area contributed by atoms with Gasteiger partial charge in [0.2, 0.25) is 10.0 Å². The number of rotatable bonds is 2. The molecular weight excluding hydrogens is 212 g/mol. The zero-order chi connectivity index (χ0) is 10.1. The van der Waals surface area contributed by atoms with Gasteiger partial charge in [-0.15, -0.1) is 11.3 Å². The van der Waals surface area contributed by atoms with Gasteiger partial charge in [-0.3, -0.25) is 9.78 Å². The van der Waals surface area contributed by atoms with Gasteiger partial charge in [0.25, 0.3) is 5.91 Å². The summed E-state index contributed by atoms with van der Waals surface area (Å²) in [7, 11) is -2.25. The molecule has 1 rings (SSSR count). The number of thiazole rings is 1. The molecule has 1 amide bonds. The molecule has 0 spiro atoms. The maximum absolute atomic E-state index is 11.4. The van der Waals surface area contributed by atoms with Crippen LogP contribution in [-0.2, 0) is 10.0 Å². The molecular formula is C6H8N2O3S2. The van der Waals surface area contributed by atoms with Gasteiger partial charge >= 0.3 is 0 Å². The predicted octanol–water partition coefficient (Wildman–Crippen LogP) is 0.175. The third-order valence-electron chi connectivity index (χ3n) is 1.43. The first-order valence-corrected chi connectivity index (χ1v) is 6.02. The van der Waals surface area contributed by atoms with E-state index in [9.17, 15) is 13.2 Å². The van der Waals surface area contributed by atoms with Crippen LogP contribution in [0.2, 0.25) is 0 Å². The fourth-order valence-corrected chi connectivity index (χ4v) is 1.68. The van der Waals surface area contributed by atoms with Crippen molar-refractivity contribution < 1.29 is 13.2 Å². The van der Waals surface area contributed by atoms with Crippen molar-refractivity contribution in [3.05, 3.63) is 16.6 Å². The highest BCUT2D eigenvalue weighted by atomic mass is 32.2. The van der Waals surface area contributed by atoms with E-state index in [1.165, 1.54) is 18.8 Å². The summed E-state index contributed by atoms with van der Waals surface area (Å²) in [6.07, 6.45) is 2.32. The third-order valence-corrected chi connectivity index (χ3v) is 3.35. The molecule has 0 aliphatic carbocycles. The Bertz CT molecular complexity index is 396. The van der Waals surface area contributed by atoms with Crippen molar-refractivity contribution >= 4 is 27.3 Å². The van der Waals surface area contributed by atoms with Crippen LogP contribution < -0.4 is 0 Å². The van der Waals surface area contributed by atoms with E-state index >= 15 is 0 Å². The van der Waals surface area contributed by atoms with Gasteiger partial charge in [-0.05, 0) is 0 Å². The van der Waals surface area contributed by atoms with Gasteiger partial charge in [0.15, 0.2) is 0 Å². The van der Waals surface area contributed by atoms with Crippen molar-refractivity contribution in [2.45, 2.75) is 0 Å². The van der Waals surface area contributed by atoms with Gasteiger partial charge in [0.1, 0.15) is 4.88 Å².